The molecule has 0 atom stereocenters. The summed E-state index contributed by atoms with van der Waals surface area (Å²) in [5.41, 5.74) is 1.78. The molecular formula is C13H16BrN3O. The molecule has 2 aromatic heterocycles. The Labute approximate surface area is 115 Å². The molecule has 0 aliphatic carbocycles. The van der Waals surface area contributed by atoms with Gasteiger partial charge in [-0.2, -0.15) is 0 Å². The molecule has 0 unspecified atom stereocenters. The molecule has 2 rings (SSSR count). The molecule has 1 N–H and O–H groups in total. The number of hydrogen-bond donors (Lipinski definition) is 1. The zero-order chi connectivity index (χ0) is 13.1. The molecule has 4 nitrogen and oxygen atoms in total. The SMILES string of the molecule is CCn1cc(Br)cc1C(=O)NCc1ccn(C)c1. The predicted octanol–water partition coefficient (Wildman–Crippen LogP) is 2.54. The summed E-state index contributed by atoms with van der Waals surface area (Å²) in [6, 6.07) is 3.83. The normalized spacial score (nSPS) is 10.6. The van der Waals surface area contributed by atoms with Crippen molar-refractivity contribution in [1.82, 2.24) is 14.5 Å². The average Bonchev–Trinajstić information content (AvgIpc) is 2.92. The fourth-order valence-corrected chi connectivity index (χ4v) is 2.33. The smallest absolute Gasteiger partial charge is 0.268 e. The fourth-order valence-electron chi connectivity index (χ4n) is 1.87. The van der Waals surface area contributed by atoms with E-state index in [0.717, 1.165) is 16.6 Å². The summed E-state index contributed by atoms with van der Waals surface area (Å²) < 4.78 is 4.81. The number of rotatable bonds is 4. The first kappa shape index (κ1) is 13.0. The fraction of sp³-hybridized carbons (Fsp3) is 0.308. The quantitative estimate of drug-likeness (QED) is 0.926. The molecule has 5 heteroatoms. The maximum absolute atomic E-state index is 12.1. The van der Waals surface area contributed by atoms with E-state index in [0.29, 0.717) is 12.2 Å². The Bertz CT molecular complexity index is 556. The first-order valence-electron chi connectivity index (χ1n) is 5.85. The molecule has 2 heterocycles. The number of nitrogens with zero attached hydrogens (tertiary/aromatic N) is 2. The van der Waals surface area contributed by atoms with Crippen molar-refractivity contribution in [2.45, 2.75) is 20.0 Å². The Kier molecular flexibility index (Phi) is 3.91. The molecule has 0 radical (unpaired) electrons. The van der Waals surface area contributed by atoms with E-state index in [-0.39, 0.29) is 5.91 Å². The highest BCUT2D eigenvalue weighted by molar-refractivity contribution is 9.10. The second kappa shape index (κ2) is 5.44. The molecular weight excluding hydrogens is 294 g/mol. The molecule has 0 aliphatic heterocycles. The Hall–Kier alpha value is -1.49. The van der Waals surface area contributed by atoms with Crippen molar-refractivity contribution in [2.24, 2.45) is 7.05 Å². The molecule has 96 valence electrons. The monoisotopic (exact) mass is 309 g/mol. The van der Waals surface area contributed by atoms with E-state index in [4.69, 9.17) is 0 Å². The minimum absolute atomic E-state index is 0.0496. The minimum atomic E-state index is -0.0496. The van der Waals surface area contributed by atoms with Gasteiger partial charge in [0.2, 0.25) is 0 Å². The second-order valence-electron chi connectivity index (χ2n) is 4.20. The van der Waals surface area contributed by atoms with E-state index >= 15 is 0 Å². The Morgan fingerprint density at radius 1 is 1.44 bits per heavy atom. The van der Waals surface area contributed by atoms with Crippen LogP contribution >= 0.6 is 15.9 Å². The highest BCUT2D eigenvalue weighted by atomic mass is 79.9. The van der Waals surface area contributed by atoms with Crippen LogP contribution in [0.25, 0.3) is 0 Å². The van der Waals surface area contributed by atoms with Gasteiger partial charge in [0, 0.05) is 43.2 Å². The van der Waals surface area contributed by atoms with Crippen LogP contribution < -0.4 is 5.32 Å². The van der Waals surface area contributed by atoms with Gasteiger partial charge in [0.1, 0.15) is 5.69 Å². The molecule has 0 bridgehead atoms. The molecule has 0 saturated carbocycles. The zero-order valence-corrected chi connectivity index (χ0v) is 12.1. The van der Waals surface area contributed by atoms with Crippen LogP contribution in [0.2, 0.25) is 0 Å². The summed E-state index contributed by atoms with van der Waals surface area (Å²) in [6.45, 7) is 3.34. The first-order valence-corrected chi connectivity index (χ1v) is 6.64. The Balaban J connectivity index is 2.03. The van der Waals surface area contributed by atoms with Crippen LogP contribution in [0.5, 0.6) is 0 Å². The van der Waals surface area contributed by atoms with E-state index in [1.165, 1.54) is 0 Å². The number of carbonyl (C=O) groups is 1. The summed E-state index contributed by atoms with van der Waals surface area (Å²) in [6.07, 6.45) is 5.87. The summed E-state index contributed by atoms with van der Waals surface area (Å²) in [5.74, 6) is -0.0496. The summed E-state index contributed by atoms with van der Waals surface area (Å²) in [7, 11) is 1.96. The van der Waals surface area contributed by atoms with Crippen LogP contribution in [-0.4, -0.2) is 15.0 Å². The van der Waals surface area contributed by atoms with Crippen LogP contribution in [0.3, 0.4) is 0 Å². The van der Waals surface area contributed by atoms with Gasteiger partial charge in [-0.1, -0.05) is 0 Å². The molecule has 2 aromatic rings. The third-order valence-corrected chi connectivity index (χ3v) is 3.22. The van der Waals surface area contributed by atoms with Crippen molar-refractivity contribution in [1.29, 1.82) is 0 Å². The van der Waals surface area contributed by atoms with Crippen LogP contribution in [0.4, 0.5) is 0 Å². The lowest BCUT2D eigenvalue weighted by molar-refractivity contribution is 0.0941. The summed E-state index contributed by atoms with van der Waals surface area (Å²) in [4.78, 5) is 12.1. The maximum atomic E-state index is 12.1. The third kappa shape index (κ3) is 2.85. The highest BCUT2D eigenvalue weighted by Crippen LogP contribution is 2.15. The first-order chi connectivity index (χ1) is 8.60. The van der Waals surface area contributed by atoms with Crippen molar-refractivity contribution in [3.8, 4) is 0 Å². The molecule has 0 aromatic carbocycles. The number of halogens is 1. The molecule has 1 amide bonds. The van der Waals surface area contributed by atoms with E-state index in [1.807, 2.05) is 53.8 Å². The van der Waals surface area contributed by atoms with E-state index in [2.05, 4.69) is 21.2 Å². The van der Waals surface area contributed by atoms with Crippen LogP contribution in [-0.2, 0) is 20.1 Å². The van der Waals surface area contributed by atoms with Gasteiger partial charge in [0.25, 0.3) is 5.91 Å². The molecule has 0 spiro atoms. The van der Waals surface area contributed by atoms with Gasteiger partial charge in [-0.3, -0.25) is 4.79 Å². The second-order valence-corrected chi connectivity index (χ2v) is 5.11. The van der Waals surface area contributed by atoms with Crippen molar-refractivity contribution >= 4 is 21.8 Å². The summed E-state index contributed by atoms with van der Waals surface area (Å²) in [5, 5.41) is 2.92. The number of nitrogens with one attached hydrogen (secondary N) is 1. The van der Waals surface area contributed by atoms with Gasteiger partial charge in [-0.25, -0.2) is 0 Å². The van der Waals surface area contributed by atoms with Crippen LogP contribution in [0.1, 0.15) is 23.0 Å². The highest BCUT2D eigenvalue weighted by Gasteiger charge is 2.11. The lowest BCUT2D eigenvalue weighted by Gasteiger charge is -2.06. The number of hydrogen-bond acceptors (Lipinski definition) is 1. The van der Waals surface area contributed by atoms with Crippen molar-refractivity contribution in [3.63, 3.8) is 0 Å². The predicted molar refractivity (Wildman–Crippen MR) is 74.4 cm³/mol. The van der Waals surface area contributed by atoms with Crippen molar-refractivity contribution in [3.05, 3.63) is 46.5 Å². The van der Waals surface area contributed by atoms with E-state index in [1.54, 1.807) is 0 Å². The average molecular weight is 310 g/mol. The lowest BCUT2D eigenvalue weighted by atomic mass is 10.3. The minimum Gasteiger partial charge on any atom is -0.357 e. The topological polar surface area (TPSA) is 39.0 Å². The molecule has 0 saturated heterocycles. The largest absolute Gasteiger partial charge is 0.357 e. The van der Waals surface area contributed by atoms with Crippen LogP contribution in [0.15, 0.2) is 35.2 Å². The molecule has 0 fully saturated rings. The van der Waals surface area contributed by atoms with Gasteiger partial charge in [-0.05, 0) is 40.5 Å². The Morgan fingerprint density at radius 2 is 2.22 bits per heavy atom. The van der Waals surface area contributed by atoms with Crippen LogP contribution in [0, 0.1) is 0 Å². The standard InChI is InChI=1S/C13H16BrN3O/c1-3-17-9-11(14)6-12(17)13(18)15-7-10-4-5-16(2)8-10/h4-6,8-9H,3,7H2,1-2H3,(H,15,18). The van der Waals surface area contributed by atoms with Gasteiger partial charge >= 0.3 is 0 Å². The van der Waals surface area contributed by atoms with E-state index in [9.17, 15) is 4.79 Å². The molecule has 18 heavy (non-hydrogen) atoms. The number of aromatic nitrogens is 2. The maximum Gasteiger partial charge on any atom is 0.268 e. The number of amides is 1. The van der Waals surface area contributed by atoms with Gasteiger partial charge in [0.15, 0.2) is 0 Å². The molecule has 0 aliphatic rings. The van der Waals surface area contributed by atoms with Gasteiger partial charge in [-0.15, -0.1) is 0 Å². The number of aryl methyl sites for hydroxylation is 2. The van der Waals surface area contributed by atoms with Crippen molar-refractivity contribution in [2.75, 3.05) is 0 Å². The summed E-state index contributed by atoms with van der Waals surface area (Å²) >= 11 is 3.39. The van der Waals surface area contributed by atoms with Gasteiger partial charge < -0.3 is 14.5 Å². The lowest BCUT2D eigenvalue weighted by Crippen LogP contribution is -2.25. The number of carbonyl (C=O) groups excluding carboxylic acids is 1. The third-order valence-electron chi connectivity index (χ3n) is 2.78. The Morgan fingerprint density at radius 3 is 2.83 bits per heavy atom. The van der Waals surface area contributed by atoms with Gasteiger partial charge in [0.05, 0.1) is 0 Å². The van der Waals surface area contributed by atoms with Crippen molar-refractivity contribution < 1.29 is 4.79 Å². The van der Waals surface area contributed by atoms with E-state index < -0.39 is 0 Å². The zero-order valence-electron chi connectivity index (χ0n) is 10.5.